The van der Waals surface area contributed by atoms with Crippen molar-refractivity contribution in [1.29, 1.82) is 0 Å². The molecule has 0 spiro atoms. The fourth-order valence-electron chi connectivity index (χ4n) is 0.705. The minimum absolute atomic E-state index is 0.0949. The molecule has 3 heteroatoms. The first-order chi connectivity index (χ1) is 4.25. The summed E-state index contributed by atoms with van der Waals surface area (Å²) in [6, 6.07) is 0. The summed E-state index contributed by atoms with van der Waals surface area (Å²) in [4.78, 5) is 10.4. The Kier molecular flexibility index (Phi) is 1.41. The van der Waals surface area contributed by atoms with Crippen LogP contribution in [0, 0.1) is 18.3 Å². The summed E-state index contributed by atoms with van der Waals surface area (Å²) in [6.07, 6.45) is 4.49. The maximum atomic E-state index is 10.4. The van der Waals surface area contributed by atoms with Gasteiger partial charge >= 0.3 is 0 Å². The third kappa shape index (κ3) is 0.889. The van der Waals surface area contributed by atoms with Gasteiger partial charge in [0.05, 0.1) is 12.5 Å². The number of primary amides is 1. The molecule has 1 heterocycles. The molecule has 1 amide bonds. The van der Waals surface area contributed by atoms with Crippen LogP contribution in [0.15, 0.2) is 0 Å². The smallest absolute Gasteiger partial charge is 0.247 e. The lowest BCUT2D eigenvalue weighted by molar-refractivity contribution is -0.149. The van der Waals surface area contributed by atoms with E-state index in [1.165, 1.54) is 0 Å². The molecule has 1 rings (SSSR count). The van der Waals surface area contributed by atoms with Crippen LogP contribution in [0.25, 0.3) is 0 Å². The van der Waals surface area contributed by atoms with Crippen LogP contribution in [0.4, 0.5) is 0 Å². The van der Waals surface area contributed by atoms with Gasteiger partial charge in [-0.15, -0.1) is 6.42 Å². The lowest BCUT2D eigenvalue weighted by Crippen LogP contribution is -2.47. The van der Waals surface area contributed by atoms with Crippen LogP contribution in [-0.2, 0) is 9.53 Å². The summed E-state index contributed by atoms with van der Waals surface area (Å²) in [5.41, 5.74) is 4.90. The second kappa shape index (κ2) is 2.08. The van der Waals surface area contributed by atoms with Crippen molar-refractivity contribution in [1.82, 2.24) is 0 Å². The SMILES string of the molecule is C#CC1COC1C(N)=O. The molecular weight excluding hydrogens is 118 g/mol. The second-order valence-electron chi connectivity index (χ2n) is 1.93. The Morgan fingerprint density at radius 1 is 1.89 bits per heavy atom. The van der Waals surface area contributed by atoms with Gasteiger partial charge in [0.25, 0.3) is 0 Å². The number of hydrogen-bond donors (Lipinski definition) is 1. The number of terminal acetylenes is 1. The average molecular weight is 125 g/mol. The highest BCUT2D eigenvalue weighted by Gasteiger charge is 2.34. The van der Waals surface area contributed by atoms with Crippen molar-refractivity contribution in [3.05, 3.63) is 0 Å². The number of nitrogens with two attached hydrogens (primary N) is 1. The van der Waals surface area contributed by atoms with Gasteiger partial charge in [-0.2, -0.15) is 0 Å². The van der Waals surface area contributed by atoms with E-state index in [-0.39, 0.29) is 5.92 Å². The number of rotatable bonds is 1. The number of carbonyl (C=O) groups is 1. The molecule has 0 aromatic carbocycles. The maximum Gasteiger partial charge on any atom is 0.247 e. The van der Waals surface area contributed by atoms with Crippen LogP contribution < -0.4 is 5.73 Å². The lowest BCUT2D eigenvalue weighted by atomic mass is 9.99. The van der Waals surface area contributed by atoms with Crippen molar-refractivity contribution in [3.8, 4) is 12.3 Å². The van der Waals surface area contributed by atoms with Crippen molar-refractivity contribution in [2.75, 3.05) is 6.61 Å². The van der Waals surface area contributed by atoms with Crippen LogP contribution in [-0.4, -0.2) is 18.6 Å². The fourth-order valence-corrected chi connectivity index (χ4v) is 0.705. The van der Waals surface area contributed by atoms with E-state index < -0.39 is 12.0 Å². The molecule has 0 aromatic heterocycles. The topological polar surface area (TPSA) is 52.3 Å². The zero-order chi connectivity index (χ0) is 6.85. The average Bonchev–Trinajstić information content (AvgIpc) is 1.61. The van der Waals surface area contributed by atoms with E-state index in [1.807, 2.05) is 0 Å². The first-order valence-electron chi connectivity index (χ1n) is 2.62. The van der Waals surface area contributed by atoms with Crippen molar-refractivity contribution >= 4 is 5.91 Å². The highest BCUT2D eigenvalue weighted by Crippen LogP contribution is 2.18. The Morgan fingerprint density at radius 2 is 2.56 bits per heavy atom. The number of hydrogen-bond acceptors (Lipinski definition) is 2. The van der Waals surface area contributed by atoms with Gasteiger partial charge in [0.1, 0.15) is 0 Å². The minimum Gasteiger partial charge on any atom is -0.367 e. The fraction of sp³-hybridized carbons (Fsp3) is 0.500. The monoisotopic (exact) mass is 125 g/mol. The summed E-state index contributed by atoms with van der Waals surface area (Å²) < 4.78 is 4.78. The zero-order valence-corrected chi connectivity index (χ0v) is 4.83. The first-order valence-corrected chi connectivity index (χ1v) is 2.62. The molecule has 0 saturated carbocycles. The van der Waals surface area contributed by atoms with Gasteiger partial charge < -0.3 is 10.5 Å². The van der Waals surface area contributed by atoms with Gasteiger partial charge in [-0.05, 0) is 0 Å². The molecule has 1 saturated heterocycles. The van der Waals surface area contributed by atoms with Crippen LogP contribution in [0.1, 0.15) is 0 Å². The predicted molar refractivity (Wildman–Crippen MR) is 31.3 cm³/mol. The van der Waals surface area contributed by atoms with E-state index in [0.717, 1.165) is 0 Å². The second-order valence-corrected chi connectivity index (χ2v) is 1.93. The van der Waals surface area contributed by atoms with Crippen molar-refractivity contribution < 1.29 is 9.53 Å². The Hall–Kier alpha value is -1.01. The van der Waals surface area contributed by atoms with E-state index >= 15 is 0 Å². The Morgan fingerprint density at radius 3 is 2.67 bits per heavy atom. The van der Waals surface area contributed by atoms with Crippen LogP contribution in [0.5, 0.6) is 0 Å². The minimum atomic E-state index is -0.532. The molecule has 0 radical (unpaired) electrons. The molecule has 3 nitrogen and oxygen atoms in total. The van der Waals surface area contributed by atoms with Crippen LogP contribution in [0.3, 0.4) is 0 Å². The highest BCUT2D eigenvalue weighted by atomic mass is 16.5. The van der Waals surface area contributed by atoms with Gasteiger partial charge in [0, 0.05) is 0 Å². The number of carbonyl (C=O) groups excluding carboxylic acids is 1. The summed E-state index contributed by atoms with van der Waals surface area (Å²) in [5.74, 6) is 1.84. The molecule has 1 fully saturated rings. The lowest BCUT2D eigenvalue weighted by Gasteiger charge is -2.29. The molecule has 2 unspecified atom stereocenters. The molecule has 48 valence electrons. The first kappa shape index (κ1) is 6.12. The van der Waals surface area contributed by atoms with E-state index in [9.17, 15) is 4.79 Å². The van der Waals surface area contributed by atoms with Gasteiger partial charge in [0.15, 0.2) is 6.10 Å². The number of amides is 1. The van der Waals surface area contributed by atoms with Crippen LogP contribution >= 0.6 is 0 Å². The zero-order valence-electron chi connectivity index (χ0n) is 4.83. The largest absolute Gasteiger partial charge is 0.367 e. The van der Waals surface area contributed by atoms with E-state index in [0.29, 0.717) is 6.61 Å². The molecule has 1 aliphatic heterocycles. The quantitative estimate of drug-likeness (QED) is 0.463. The van der Waals surface area contributed by atoms with Gasteiger partial charge in [-0.1, -0.05) is 5.92 Å². The van der Waals surface area contributed by atoms with Gasteiger partial charge in [-0.25, -0.2) is 0 Å². The molecule has 0 aliphatic carbocycles. The predicted octanol–water partition coefficient (Wildman–Crippen LogP) is -0.880. The third-order valence-corrected chi connectivity index (χ3v) is 1.32. The van der Waals surface area contributed by atoms with Crippen molar-refractivity contribution in [2.24, 2.45) is 11.7 Å². The van der Waals surface area contributed by atoms with Crippen molar-refractivity contribution in [2.45, 2.75) is 6.10 Å². The normalized spacial score (nSPS) is 32.3. The summed E-state index contributed by atoms with van der Waals surface area (Å²) in [7, 11) is 0. The molecule has 0 bridgehead atoms. The molecule has 2 atom stereocenters. The molecule has 9 heavy (non-hydrogen) atoms. The summed E-state index contributed by atoms with van der Waals surface area (Å²) in [6.45, 7) is 0.462. The molecular formula is C6H7NO2. The van der Waals surface area contributed by atoms with Crippen molar-refractivity contribution in [3.63, 3.8) is 0 Å². The third-order valence-electron chi connectivity index (χ3n) is 1.32. The van der Waals surface area contributed by atoms with E-state index in [2.05, 4.69) is 5.92 Å². The summed E-state index contributed by atoms with van der Waals surface area (Å²) in [5, 5.41) is 0. The van der Waals surface area contributed by atoms with E-state index in [1.54, 1.807) is 0 Å². The van der Waals surface area contributed by atoms with Gasteiger partial charge in [0.2, 0.25) is 5.91 Å². The Bertz CT molecular complexity index is 170. The van der Waals surface area contributed by atoms with Gasteiger partial charge in [-0.3, -0.25) is 4.79 Å². The Labute approximate surface area is 53.2 Å². The molecule has 2 N–H and O–H groups in total. The standard InChI is InChI=1S/C6H7NO2/c1-2-4-3-9-5(4)6(7)8/h1,4-5H,3H2,(H2,7,8). The highest BCUT2D eigenvalue weighted by molar-refractivity contribution is 5.80. The molecule has 1 aliphatic rings. The maximum absolute atomic E-state index is 10.4. The van der Waals surface area contributed by atoms with E-state index in [4.69, 9.17) is 16.9 Å². The number of ether oxygens (including phenoxy) is 1. The van der Waals surface area contributed by atoms with Crippen LogP contribution in [0.2, 0.25) is 0 Å². The molecule has 0 aromatic rings. The Balaban J connectivity index is 2.47. The summed E-state index contributed by atoms with van der Waals surface area (Å²) >= 11 is 0.